The highest BCUT2D eigenvalue weighted by Gasteiger charge is 2.29. The van der Waals surface area contributed by atoms with E-state index in [2.05, 4.69) is 32.2 Å². The van der Waals surface area contributed by atoms with Crippen molar-refractivity contribution in [2.75, 3.05) is 18.0 Å². The Bertz CT molecular complexity index is 850. The normalized spacial score (nSPS) is 17.5. The van der Waals surface area contributed by atoms with E-state index in [-0.39, 0.29) is 5.92 Å². The molecule has 1 saturated heterocycles. The summed E-state index contributed by atoms with van der Waals surface area (Å²) >= 11 is 1.71. The minimum atomic E-state index is -0.499. The molecule has 126 valence electrons. The second-order valence-corrected chi connectivity index (χ2v) is 7.34. The molecule has 1 unspecified atom stereocenters. The van der Waals surface area contributed by atoms with E-state index < -0.39 is 6.10 Å². The number of hydrogen-bond donors (Lipinski definition) is 1. The Hall–Kier alpha value is -1.99. The van der Waals surface area contributed by atoms with Crippen LogP contribution in [0.5, 0.6) is 0 Å². The number of anilines is 1. The average molecular weight is 343 g/mol. The molecule has 1 atom stereocenters. The van der Waals surface area contributed by atoms with Crippen molar-refractivity contribution in [2.45, 2.75) is 25.9 Å². The molecule has 4 rings (SSSR count). The van der Waals surface area contributed by atoms with Gasteiger partial charge in [0.15, 0.2) is 0 Å². The fraction of sp³-hybridized carbons (Fsp3) is 0.471. The van der Waals surface area contributed by atoms with Gasteiger partial charge in [-0.3, -0.25) is 0 Å². The van der Waals surface area contributed by atoms with E-state index in [9.17, 15) is 5.11 Å². The van der Waals surface area contributed by atoms with Crippen molar-refractivity contribution in [3.63, 3.8) is 0 Å². The number of rotatable bonds is 3. The molecule has 6 nitrogen and oxygen atoms in total. The maximum atomic E-state index is 10.6. The van der Waals surface area contributed by atoms with Gasteiger partial charge in [-0.25, -0.2) is 15.0 Å². The predicted octanol–water partition coefficient (Wildman–Crippen LogP) is 2.68. The molecule has 0 radical (unpaired) electrons. The minimum Gasteiger partial charge on any atom is -0.385 e. The molecule has 0 aliphatic carbocycles. The van der Waals surface area contributed by atoms with E-state index in [1.165, 1.54) is 5.56 Å². The van der Waals surface area contributed by atoms with Crippen LogP contribution >= 0.6 is 11.3 Å². The Kier molecular flexibility index (Phi) is 3.97. The van der Waals surface area contributed by atoms with Gasteiger partial charge < -0.3 is 14.6 Å². The summed E-state index contributed by atoms with van der Waals surface area (Å²) < 4.78 is 3.07. The molecule has 0 bridgehead atoms. The molecule has 24 heavy (non-hydrogen) atoms. The van der Waals surface area contributed by atoms with E-state index >= 15 is 0 Å². The Morgan fingerprint density at radius 1 is 1.25 bits per heavy atom. The zero-order chi connectivity index (χ0) is 16.7. The van der Waals surface area contributed by atoms with Gasteiger partial charge in [-0.15, -0.1) is 11.3 Å². The zero-order valence-corrected chi connectivity index (χ0v) is 14.7. The number of aliphatic hydroxyl groups excluding tert-OH is 1. The van der Waals surface area contributed by atoms with Crippen molar-refractivity contribution in [3.8, 4) is 0 Å². The summed E-state index contributed by atoms with van der Waals surface area (Å²) in [5.74, 6) is 2.03. The number of aliphatic hydroxyl groups is 1. The lowest BCUT2D eigenvalue weighted by atomic mass is 9.90. The monoisotopic (exact) mass is 343 g/mol. The number of imidazole rings is 1. The third-order valence-electron chi connectivity index (χ3n) is 4.92. The first-order valence-corrected chi connectivity index (χ1v) is 9.12. The van der Waals surface area contributed by atoms with Crippen LogP contribution in [0.25, 0.3) is 10.2 Å². The van der Waals surface area contributed by atoms with Crippen LogP contribution in [0.2, 0.25) is 0 Å². The number of aromatic nitrogens is 4. The topological polar surface area (TPSA) is 67.1 Å². The van der Waals surface area contributed by atoms with E-state index in [0.717, 1.165) is 47.8 Å². The van der Waals surface area contributed by atoms with Crippen molar-refractivity contribution < 1.29 is 5.11 Å². The van der Waals surface area contributed by atoms with E-state index in [4.69, 9.17) is 0 Å². The van der Waals surface area contributed by atoms with Gasteiger partial charge in [0.05, 0.1) is 10.2 Å². The highest BCUT2D eigenvalue weighted by Crippen LogP contribution is 2.35. The maximum Gasteiger partial charge on any atom is 0.150 e. The molecule has 0 aromatic carbocycles. The molecule has 1 aliphatic rings. The summed E-state index contributed by atoms with van der Waals surface area (Å²) in [5.41, 5.74) is 2.26. The van der Waals surface area contributed by atoms with Crippen LogP contribution in [-0.4, -0.2) is 37.7 Å². The lowest BCUT2D eigenvalue weighted by Gasteiger charge is -2.34. The largest absolute Gasteiger partial charge is 0.385 e. The second kappa shape index (κ2) is 6.14. The molecule has 3 aromatic heterocycles. The summed E-state index contributed by atoms with van der Waals surface area (Å²) in [6.07, 6.45) is 6.65. The summed E-state index contributed by atoms with van der Waals surface area (Å²) in [6.45, 7) is 3.88. The third-order valence-corrected chi connectivity index (χ3v) is 6.00. The Morgan fingerprint density at radius 2 is 2.04 bits per heavy atom. The number of fused-ring (bicyclic) bond motifs is 1. The van der Waals surface area contributed by atoms with Crippen LogP contribution in [0.4, 0.5) is 5.82 Å². The molecular formula is C17H21N5OS. The van der Waals surface area contributed by atoms with Gasteiger partial charge >= 0.3 is 0 Å². The van der Waals surface area contributed by atoms with Crippen LogP contribution in [0.1, 0.15) is 30.3 Å². The van der Waals surface area contributed by atoms with Gasteiger partial charge in [0.2, 0.25) is 0 Å². The molecule has 1 fully saturated rings. The van der Waals surface area contributed by atoms with Crippen LogP contribution < -0.4 is 4.90 Å². The molecular weight excluding hydrogens is 322 g/mol. The molecule has 4 heterocycles. The van der Waals surface area contributed by atoms with Crippen molar-refractivity contribution in [1.29, 1.82) is 0 Å². The van der Waals surface area contributed by atoms with Gasteiger partial charge in [0.25, 0.3) is 0 Å². The number of hydrogen-bond acceptors (Lipinski definition) is 6. The van der Waals surface area contributed by atoms with Gasteiger partial charge in [0, 0.05) is 32.5 Å². The lowest BCUT2D eigenvalue weighted by molar-refractivity contribution is 0.0824. The third kappa shape index (κ3) is 2.57. The van der Waals surface area contributed by atoms with Gasteiger partial charge in [-0.2, -0.15) is 0 Å². The van der Waals surface area contributed by atoms with Crippen molar-refractivity contribution in [3.05, 3.63) is 35.5 Å². The number of aryl methyl sites for hydroxylation is 2. The minimum absolute atomic E-state index is 0.241. The van der Waals surface area contributed by atoms with E-state index in [1.54, 1.807) is 23.9 Å². The molecule has 0 amide bonds. The van der Waals surface area contributed by atoms with Crippen LogP contribution in [0, 0.1) is 12.8 Å². The van der Waals surface area contributed by atoms with Crippen LogP contribution in [0.15, 0.2) is 24.1 Å². The summed E-state index contributed by atoms with van der Waals surface area (Å²) in [5, 5.41) is 12.8. The first kappa shape index (κ1) is 15.5. The molecule has 1 aliphatic heterocycles. The highest BCUT2D eigenvalue weighted by atomic mass is 32.1. The number of nitrogens with zero attached hydrogens (tertiary/aromatic N) is 5. The molecule has 0 saturated carbocycles. The van der Waals surface area contributed by atoms with E-state index in [0.29, 0.717) is 0 Å². The summed E-state index contributed by atoms with van der Waals surface area (Å²) in [4.78, 5) is 15.5. The fourth-order valence-corrected chi connectivity index (χ4v) is 4.50. The summed E-state index contributed by atoms with van der Waals surface area (Å²) in [6, 6.07) is 0. The number of piperidine rings is 1. The van der Waals surface area contributed by atoms with Crippen LogP contribution in [-0.2, 0) is 7.05 Å². The first-order chi connectivity index (χ1) is 11.6. The van der Waals surface area contributed by atoms with Gasteiger partial charge in [-0.1, -0.05) is 0 Å². The molecule has 1 N–H and O–H groups in total. The fourth-order valence-electron chi connectivity index (χ4n) is 3.48. The quantitative estimate of drug-likeness (QED) is 0.792. The smallest absolute Gasteiger partial charge is 0.150 e. The standard InChI is InChI=1S/C17H21N5OS/c1-11-9-24-15-13(11)19-10-20-17(15)22-6-3-12(4-7-22)14(23)16-18-5-8-21(16)2/h5,8-10,12,14,23H,3-4,6-7H2,1-2H3. The lowest BCUT2D eigenvalue weighted by Crippen LogP contribution is -2.36. The highest BCUT2D eigenvalue weighted by molar-refractivity contribution is 7.18. The SMILES string of the molecule is Cc1csc2c(N3CCC(C(O)c4nccn4C)CC3)ncnc12. The van der Waals surface area contributed by atoms with Crippen molar-refractivity contribution in [1.82, 2.24) is 19.5 Å². The summed E-state index contributed by atoms with van der Waals surface area (Å²) in [7, 11) is 1.93. The Labute approximate surface area is 144 Å². The second-order valence-electron chi connectivity index (χ2n) is 6.46. The Balaban J connectivity index is 1.51. The number of thiophene rings is 1. The molecule has 0 spiro atoms. The predicted molar refractivity (Wildman–Crippen MR) is 95.3 cm³/mol. The van der Waals surface area contributed by atoms with Crippen molar-refractivity contribution >= 4 is 27.4 Å². The average Bonchev–Trinajstić information content (AvgIpc) is 3.20. The Morgan fingerprint density at radius 3 is 2.75 bits per heavy atom. The van der Waals surface area contributed by atoms with Gasteiger partial charge in [0.1, 0.15) is 24.1 Å². The van der Waals surface area contributed by atoms with Gasteiger partial charge in [-0.05, 0) is 36.6 Å². The van der Waals surface area contributed by atoms with Crippen LogP contribution in [0.3, 0.4) is 0 Å². The molecule has 3 aromatic rings. The molecule has 7 heteroatoms. The zero-order valence-electron chi connectivity index (χ0n) is 13.9. The maximum absolute atomic E-state index is 10.6. The van der Waals surface area contributed by atoms with Crippen molar-refractivity contribution in [2.24, 2.45) is 13.0 Å². The van der Waals surface area contributed by atoms with E-state index in [1.807, 2.05) is 17.8 Å². The first-order valence-electron chi connectivity index (χ1n) is 8.24.